The van der Waals surface area contributed by atoms with Crippen LogP contribution in [0.2, 0.25) is 0 Å². The molecule has 2 nitrogen and oxygen atoms in total. The zero-order valence-electron chi connectivity index (χ0n) is 10.1. The van der Waals surface area contributed by atoms with Crippen molar-refractivity contribution in [3.8, 4) is 0 Å². The first-order valence-electron chi connectivity index (χ1n) is 5.46. The summed E-state index contributed by atoms with van der Waals surface area (Å²) >= 11 is 0. The van der Waals surface area contributed by atoms with E-state index < -0.39 is 11.6 Å². The normalized spacial score (nSPS) is 11.9. The van der Waals surface area contributed by atoms with Gasteiger partial charge in [0.05, 0.1) is 6.61 Å². The molecule has 0 aliphatic carbocycles. The zero-order chi connectivity index (χ0) is 12.7. The molecule has 0 bridgehead atoms. The third-order valence-corrected chi connectivity index (χ3v) is 2.27. The minimum absolute atomic E-state index is 0.274. The number of halogens is 2. The molecule has 0 atom stereocenters. The Kier molecular flexibility index (Phi) is 5.80. The van der Waals surface area contributed by atoms with Gasteiger partial charge in [0.15, 0.2) is 11.6 Å². The molecule has 0 aliphatic rings. The predicted octanol–water partition coefficient (Wildman–Crippen LogP) is 2.60. The molecule has 0 saturated carbocycles. The minimum Gasteiger partial charge on any atom is -0.383 e. The molecule has 4 heteroatoms. The Bertz CT molecular complexity index is 391. The summed E-state index contributed by atoms with van der Waals surface area (Å²) < 4.78 is 31.2. The van der Waals surface area contributed by atoms with Gasteiger partial charge in [-0.1, -0.05) is 23.8 Å². The van der Waals surface area contributed by atoms with Gasteiger partial charge in [-0.05, 0) is 13.0 Å². The monoisotopic (exact) mass is 241 g/mol. The Labute approximate surface area is 100 Å². The molecule has 0 saturated heterocycles. The summed E-state index contributed by atoms with van der Waals surface area (Å²) in [5, 5.41) is 3.13. The Morgan fingerprint density at radius 1 is 1.41 bits per heavy atom. The average Bonchev–Trinajstić information content (AvgIpc) is 2.31. The van der Waals surface area contributed by atoms with E-state index in [2.05, 4.69) is 5.32 Å². The summed E-state index contributed by atoms with van der Waals surface area (Å²) in [6.45, 7) is 3.85. The summed E-state index contributed by atoms with van der Waals surface area (Å²) in [4.78, 5) is 0. The van der Waals surface area contributed by atoms with Crippen molar-refractivity contribution in [1.82, 2.24) is 5.32 Å². The highest BCUT2D eigenvalue weighted by Crippen LogP contribution is 2.14. The van der Waals surface area contributed by atoms with Gasteiger partial charge in [0.2, 0.25) is 0 Å². The van der Waals surface area contributed by atoms with E-state index in [4.69, 9.17) is 4.74 Å². The maximum absolute atomic E-state index is 13.3. The number of hydrogen-bond acceptors (Lipinski definition) is 2. The average molecular weight is 241 g/mol. The molecule has 1 aromatic carbocycles. The molecule has 0 heterocycles. The van der Waals surface area contributed by atoms with Crippen molar-refractivity contribution < 1.29 is 13.5 Å². The highest BCUT2D eigenvalue weighted by Gasteiger charge is 2.05. The zero-order valence-corrected chi connectivity index (χ0v) is 10.1. The quantitative estimate of drug-likeness (QED) is 0.773. The van der Waals surface area contributed by atoms with E-state index in [0.717, 1.165) is 18.2 Å². The van der Waals surface area contributed by atoms with Crippen LogP contribution in [-0.4, -0.2) is 26.8 Å². The van der Waals surface area contributed by atoms with Gasteiger partial charge in [0, 0.05) is 25.8 Å². The molecule has 0 unspecified atom stereocenters. The first kappa shape index (κ1) is 13.8. The summed E-state index contributed by atoms with van der Waals surface area (Å²) in [5.41, 5.74) is 1.21. The molecular formula is C13H17F2NO. The molecule has 0 radical (unpaired) electrons. The van der Waals surface area contributed by atoms with Gasteiger partial charge >= 0.3 is 0 Å². The molecule has 0 aromatic heterocycles. The molecule has 1 rings (SSSR count). The standard InChI is InChI=1S/C13H17F2NO/c1-10(9-16-6-7-17-2)8-11-4-3-5-12(14)13(11)15/h3-5,8,16H,6-7,9H2,1-2H3. The lowest BCUT2D eigenvalue weighted by Gasteiger charge is -2.05. The number of benzene rings is 1. The van der Waals surface area contributed by atoms with Crippen LogP contribution in [0, 0.1) is 11.6 Å². The van der Waals surface area contributed by atoms with Crippen molar-refractivity contribution in [2.75, 3.05) is 26.8 Å². The number of ether oxygens (including phenoxy) is 1. The van der Waals surface area contributed by atoms with Gasteiger partial charge in [0.1, 0.15) is 0 Å². The lowest BCUT2D eigenvalue weighted by Crippen LogP contribution is -2.20. The maximum atomic E-state index is 13.3. The molecule has 0 spiro atoms. The van der Waals surface area contributed by atoms with Crippen molar-refractivity contribution in [3.63, 3.8) is 0 Å². The Morgan fingerprint density at radius 3 is 2.88 bits per heavy atom. The Balaban J connectivity index is 2.58. The molecule has 1 aromatic rings. The van der Waals surface area contributed by atoms with E-state index in [1.165, 1.54) is 6.07 Å². The maximum Gasteiger partial charge on any atom is 0.166 e. The second-order valence-corrected chi connectivity index (χ2v) is 3.80. The van der Waals surface area contributed by atoms with Crippen LogP contribution in [0.15, 0.2) is 23.8 Å². The van der Waals surface area contributed by atoms with Gasteiger partial charge in [-0.25, -0.2) is 8.78 Å². The van der Waals surface area contributed by atoms with Crippen LogP contribution in [0.4, 0.5) is 8.78 Å². The van der Waals surface area contributed by atoms with Gasteiger partial charge in [-0.15, -0.1) is 0 Å². The molecule has 17 heavy (non-hydrogen) atoms. The number of hydrogen-bond donors (Lipinski definition) is 1. The van der Waals surface area contributed by atoms with E-state index in [-0.39, 0.29) is 5.56 Å². The smallest absolute Gasteiger partial charge is 0.166 e. The highest BCUT2D eigenvalue weighted by molar-refractivity contribution is 5.53. The molecule has 1 N–H and O–H groups in total. The Morgan fingerprint density at radius 2 is 2.18 bits per heavy atom. The largest absolute Gasteiger partial charge is 0.383 e. The third kappa shape index (κ3) is 4.63. The van der Waals surface area contributed by atoms with E-state index in [9.17, 15) is 8.78 Å². The van der Waals surface area contributed by atoms with Crippen molar-refractivity contribution in [2.24, 2.45) is 0 Å². The molecule has 0 amide bonds. The molecule has 0 fully saturated rings. The van der Waals surface area contributed by atoms with Gasteiger partial charge in [-0.2, -0.15) is 0 Å². The fourth-order valence-electron chi connectivity index (χ4n) is 1.41. The topological polar surface area (TPSA) is 21.3 Å². The van der Waals surface area contributed by atoms with Crippen molar-refractivity contribution in [3.05, 3.63) is 41.0 Å². The summed E-state index contributed by atoms with van der Waals surface area (Å²) in [7, 11) is 1.63. The summed E-state index contributed by atoms with van der Waals surface area (Å²) in [6, 6.07) is 4.16. The number of nitrogens with one attached hydrogen (secondary N) is 1. The van der Waals surface area contributed by atoms with Crippen molar-refractivity contribution in [2.45, 2.75) is 6.92 Å². The van der Waals surface area contributed by atoms with Gasteiger partial charge in [0.25, 0.3) is 0 Å². The predicted molar refractivity (Wildman–Crippen MR) is 64.8 cm³/mol. The summed E-state index contributed by atoms with van der Waals surface area (Å²) in [5.74, 6) is -1.62. The molecule has 0 aliphatic heterocycles. The third-order valence-electron chi connectivity index (χ3n) is 2.27. The first-order valence-corrected chi connectivity index (χ1v) is 5.46. The van der Waals surface area contributed by atoms with Crippen LogP contribution >= 0.6 is 0 Å². The minimum atomic E-state index is -0.820. The van der Waals surface area contributed by atoms with Crippen LogP contribution in [0.3, 0.4) is 0 Å². The van der Waals surface area contributed by atoms with E-state index in [1.54, 1.807) is 19.3 Å². The van der Waals surface area contributed by atoms with Crippen LogP contribution in [-0.2, 0) is 4.74 Å². The fourth-order valence-corrected chi connectivity index (χ4v) is 1.41. The SMILES string of the molecule is COCCNCC(C)=Cc1cccc(F)c1F. The molecular weight excluding hydrogens is 224 g/mol. The summed E-state index contributed by atoms with van der Waals surface area (Å²) in [6.07, 6.45) is 1.64. The van der Waals surface area contributed by atoms with Crippen molar-refractivity contribution >= 4 is 6.08 Å². The van der Waals surface area contributed by atoms with E-state index >= 15 is 0 Å². The van der Waals surface area contributed by atoms with Crippen LogP contribution in [0.1, 0.15) is 12.5 Å². The van der Waals surface area contributed by atoms with E-state index in [0.29, 0.717) is 13.2 Å². The van der Waals surface area contributed by atoms with Gasteiger partial charge in [-0.3, -0.25) is 0 Å². The number of methoxy groups -OCH3 is 1. The van der Waals surface area contributed by atoms with Crippen LogP contribution in [0.5, 0.6) is 0 Å². The van der Waals surface area contributed by atoms with E-state index in [1.807, 2.05) is 6.92 Å². The van der Waals surface area contributed by atoms with Gasteiger partial charge < -0.3 is 10.1 Å². The second kappa shape index (κ2) is 7.14. The Hall–Kier alpha value is -1.26. The van der Waals surface area contributed by atoms with Crippen LogP contribution < -0.4 is 5.32 Å². The second-order valence-electron chi connectivity index (χ2n) is 3.80. The number of rotatable bonds is 6. The fraction of sp³-hybridized carbons (Fsp3) is 0.385. The van der Waals surface area contributed by atoms with Crippen LogP contribution in [0.25, 0.3) is 6.08 Å². The first-order chi connectivity index (χ1) is 8.15. The van der Waals surface area contributed by atoms with Crippen molar-refractivity contribution in [1.29, 1.82) is 0 Å². The lowest BCUT2D eigenvalue weighted by molar-refractivity contribution is 0.200. The highest BCUT2D eigenvalue weighted by atomic mass is 19.2. The molecule has 94 valence electrons. The lowest BCUT2D eigenvalue weighted by atomic mass is 10.1.